The van der Waals surface area contributed by atoms with E-state index in [2.05, 4.69) is 23.3 Å². The Morgan fingerprint density at radius 2 is 1.66 bits per heavy atom. The van der Waals surface area contributed by atoms with Gasteiger partial charge in [-0.1, -0.05) is 85.1 Å². The van der Waals surface area contributed by atoms with Crippen molar-refractivity contribution in [3.05, 3.63) is 108 Å². The van der Waals surface area contributed by atoms with Crippen molar-refractivity contribution in [2.75, 3.05) is 6.54 Å². The summed E-state index contributed by atoms with van der Waals surface area (Å²) in [7, 11) is 0. The first kappa shape index (κ1) is 27.2. The van der Waals surface area contributed by atoms with Crippen LogP contribution in [-0.4, -0.2) is 22.5 Å². The van der Waals surface area contributed by atoms with Gasteiger partial charge in [0.1, 0.15) is 0 Å². The van der Waals surface area contributed by atoms with Crippen molar-refractivity contribution >= 4 is 5.97 Å². The highest BCUT2D eigenvalue weighted by molar-refractivity contribution is 5.67. The fourth-order valence-electron chi connectivity index (χ4n) is 5.06. The van der Waals surface area contributed by atoms with E-state index in [1.165, 1.54) is 12.1 Å². The first-order chi connectivity index (χ1) is 18.1. The van der Waals surface area contributed by atoms with E-state index in [4.69, 9.17) is 0 Å². The van der Waals surface area contributed by atoms with E-state index in [-0.39, 0.29) is 24.4 Å². The molecule has 0 saturated carbocycles. The van der Waals surface area contributed by atoms with E-state index in [0.29, 0.717) is 25.0 Å². The molecular weight excluding hydrogens is 487 g/mol. The minimum Gasteiger partial charge on any atom is -0.481 e. The summed E-state index contributed by atoms with van der Waals surface area (Å²) < 4.78 is 39.7. The lowest BCUT2D eigenvalue weighted by atomic mass is 9.83. The number of carboxylic acids is 1. The Labute approximate surface area is 221 Å². The van der Waals surface area contributed by atoms with Crippen molar-refractivity contribution < 1.29 is 23.1 Å². The maximum atomic E-state index is 13.2. The van der Waals surface area contributed by atoms with E-state index in [0.717, 1.165) is 34.4 Å². The quantitative estimate of drug-likeness (QED) is 0.338. The molecule has 0 spiro atoms. The van der Waals surface area contributed by atoms with Gasteiger partial charge in [-0.3, -0.25) is 9.69 Å². The highest BCUT2D eigenvalue weighted by Crippen LogP contribution is 2.42. The highest BCUT2D eigenvalue weighted by Gasteiger charge is 2.36. The van der Waals surface area contributed by atoms with Gasteiger partial charge < -0.3 is 5.11 Å². The molecule has 196 valence electrons. The molecule has 4 rings (SSSR count). The lowest BCUT2D eigenvalue weighted by Gasteiger charge is -2.42. The Bertz CT molecular complexity index is 1320. The summed E-state index contributed by atoms with van der Waals surface area (Å²) in [5, 5.41) is 9.40. The van der Waals surface area contributed by atoms with Crippen LogP contribution >= 0.6 is 0 Å². The van der Waals surface area contributed by atoms with Crippen LogP contribution in [0.2, 0.25) is 0 Å². The minimum atomic E-state index is -4.42. The van der Waals surface area contributed by atoms with E-state index in [1.807, 2.05) is 61.5 Å². The van der Waals surface area contributed by atoms with Crippen LogP contribution in [0, 0.1) is 17.8 Å². The van der Waals surface area contributed by atoms with Crippen LogP contribution in [0.25, 0.3) is 11.1 Å². The number of rotatable bonds is 6. The first-order valence-corrected chi connectivity index (χ1v) is 12.6. The molecule has 0 aromatic heterocycles. The predicted molar refractivity (Wildman–Crippen MR) is 143 cm³/mol. The fraction of sp³-hybridized carbons (Fsp3) is 0.281. The molecule has 0 amide bonds. The van der Waals surface area contributed by atoms with E-state index in [1.54, 1.807) is 0 Å². The summed E-state index contributed by atoms with van der Waals surface area (Å²) in [5.41, 5.74) is 3.85. The summed E-state index contributed by atoms with van der Waals surface area (Å²) in [6.07, 6.45) is -3.21. The maximum Gasteiger partial charge on any atom is 0.416 e. The number of hydrogen-bond donors (Lipinski definition) is 1. The Morgan fingerprint density at radius 1 is 1.03 bits per heavy atom. The van der Waals surface area contributed by atoms with Gasteiger partial charge in [-0.05, 0) is 65.6 Å². The second kappa shape index (κ2) is 11.7. The zero-order valence-electron chi connectivity index (χ0n) is 21.2. The second-order valence-electron chi connectivity index (χ2n) is 9.80. The molecule has 0 aliphatic carbocycles. The van der Waals surface area contributed by atoms with Crippen LogP contribution in [0.15, 0.2) is 91.0 Å². The number of piperidine rings is 1. The molecule has 3 nitrogen and oxygen atoms in total. The number of allylic oxidation sites excluding steroid dienone is 1. The molecule has 3 atom stereocenters. The van der Waals surface area contributed by atoms with E-state index in [9.17, 15) is 23.1 Å². The zero-order valence-corrected chi connectivity index (χ0v) is 21.2. The number of carbonyl (C=O) groups is 1. The normalized spacial score (nSPS) is 18.7. The van der Waals surface area contributed by atoms with Crippen molar-refractivity contribution in [3.63, 3.8) is 0 Å². The maximum absolute atomic E-state index is 13.2. The third kappa shape index (κ3) is 6.73. The first-order valence-electron chi connectivity index (χ1n) is 12.6. The molecule has 1 heterocycles. The Kier molecular flexibility index (Phi) is 8.38. The van der Waals surface area contributed by atoms with Crippen molar-refractivity contribution in [2.24, 2.45) is 5.92 Å². The van der Waals surface area contributed by atoms with Crippen molar-refractivity contribution in [3.8, 4) is 23.0 Å². The number of nitrogens with zero attached hydrogens (tertiary/aromatic N) is 1. The van der Waals surface area contributed by atoms with Crippen molar-refractivity contribution in [1.29, 1.82) is 0 Å². The summed E-state index contributed by atoms with van der Waals surface area (Å²) >= 11 is 0. The van der Waals surface area contributed by atoms with E-state index >= 15 is 0 Å². The topological polar surface area (TPSA) is 40.5 Å². The van der Waals surface area contributed by atoms with Gasteiger partial charge in [0.25, 0.3) is 0 Å². The summed E-state index contributed by atoms with van der Waals surface area (Å²) in [5.74, 6) is 5.49. The van der Waals surface area contributed by atoms with Gasteiger partial charge in [0.05, 0.1) is 11.6 Å². The summed E-state index contributed by atoms with van der Waals surface area (Å²) in [6, 6.07) is 22.8. The van der Waals surface area contributed by atoms with Crippen LogP contribution in [-0.2, 0) is 11.0 Å². The average Bonchev–Trinajstić information content (AvgIpc) is 2.89. The third-order valence-corrected chi connectivity index (χ3v) is 6.93. The third-order valence-electron chi connectivity index (χ3n) is 6.93. The molecule has 3 aromatic carbocycles. The number of alkyl halides is 3. The van der Waals surface area contributed by atoms with Crippen molar-refractivity contribution in [1.82, 2.24) is 4.90 Å². The molecule has 38 heavy (non-hydrogen) atoms. The molecule has 1 saturated heterocycles. The van der Waals surface area contributed by atoms with Gasteiger partial charge in [-0.25, -0.2) is 0 Å². The molecule has 0 radical (unpaired) electrons. The van der Waals surface area contributed by atoms with Crippen LogP contribution in [0.4, 0.5) is 13.2 Å². The molecule has 3 aromatic rings. The summed E-state index contributed by atoms with van der Waals surface area (Å²) in [6.45, 7) is 6.31. The van der Waals surface area contributed by atoms with Gasteiger partial charge in [-0.15, -0.1) is 0 Å². The molecule has 1 aliphatic heterocycles. The van der Waals surface area contributed by atoms with E-state index < -0.39 is 17.7 Å². The van der Waals surface area contributed by atoms with Gasteiger partial charge in [0.2, 0.25) is 0 Å². The van der Waals surface area contributed by atoms with Gasteiger partial charge in [-0.2, -0.15) is 13.2 Å². The van der Waals surface area contributed by atoms with Gasteiger partial charge in [0.15, 0.2) is 0 Å². The Morgan fingerprint density at radius 3 is 2.24 bits per heavy atom. The smallest absolute Gasteiger partial charge is 0.416 e. The summed E-state index contributed by atoms with van der Waals surface area (Å²) in [4.78, 5) is 13.6. The van der Waals surface area contributed by atoms with Crippen LogP contribution < -0.4 is 0 Å². The lowest BCUT2D eigenvalue weighted by Crippen LogP contribution is -2.39. The Hall–Kier alpha value is -3.82. The predicted octanol–water partition coefficient (Wildman–Crippen LogP) is 7.92. The highest BCUT2D eigenvalue weighted by atomic mass is 19.4. The Balaban J connectivity index is 1.72. The second-order valence-corrected chi connectivity index (χ2v) is 9.80. The molecule has 1 aliphatic rings. The molecule has 1 unspecified atom stereocenters. The number of halogens is 3. The molecule has 6 heteroatoms. The SMILES string of the molecule is C=C(C)C#C[C@H](c1ccc(-c2ccccc2)cc1)N1CCC(CC(=O)O)C[C@H]1c1ccc(C(F)(F)F)cc1. The molecule has 0 bridgehead atoms. The van der Waals surface area contributed by atoms with Crippen molar-refractivity contribution in [2.45, 2.75) is 44.4 Å². The zero-order chi connectivity index (χ0) is 27.3. The molecular formula is C32H30F3NO2. The van der Waals surface area contributed by atoms with Gasteiger partial charge >= 0.3 is 12.1 Å². The average molecular weight is 518 g/mol. The van der Waals surface area contributed by atoms with Crippen LogP contribution in [0.1, 0.15) is 55.0 Å². The molecule has 1 fully saturated rings. The monoisotopic (exact) mass is 517 g/mol. The number of hydrogen-bond acceptors (Lipinski definition) is 2. The number of benzene rings is 3. The number of carboxylic acid groups (broad SMARTS) is 1. The number of aliphatic carboxylic acids is 1. The van der Waals surface area contributed by atoms with Crippen LogP contribution in [0.3, 0.4) is 0 Å². The minimum absolute atomic E-state index is 0.0266. The van der Waals surface area contributed by atoms with Crippen LogP contribution in [0.5, 0.6) is 0 Å². The largest absolute Gasteiger partial charge is 0.481 e. The van der Waals surface area contributed by atoms with Gasteiger partial charge in [0, 0.05) is 19.0 Å². The lowest BCUT2D eigenvalue weighted by molar-refractivity contribution is -0.139. The number of likely N-dealkylation sites (tertiary alicyclic amines) is 1. The molecule has 1 N–H and O–H groups in total. The fourth-order valence-corrected chi connectivity index (χ4v) is 5.06. The standard InChI is InChI=1S/C32H30F3NO2/c1-22(2)8-17-29(26-11-9-25(10-12-26)24-6-4-3-5-7-24)36-19-18-23(21-31(37)38)20-30(36)27-13-15-28(16-14-27)32(33,34)35/h3-7,9-16,23,29-30H,1,18-21H2,2H3,(H,37,38)/t23?,29-,30+/m1/s1.